The van der Waals surface area contributed by atoms with Gasteiger partial charge < -0.3 is 15.2 Å². The molecule has 6 nitrogen and oxygen atoms in total. The van der Waals surface area contributed by atoms with Crippen LogP contribution in [0.15, 0.2) is 48.7 Å². The van der Waals surface area contributed by atoms with Gasteiger partial charge in [0.05, 0.1) is 13.0 Å². The van der Waals surface area contributed by atoms with Crippen LogP contribution in [0.2, 0.25) is 0 Å². The lowest BCUT2D eigenvalue weighted by molar-refractivity contribution is -0.139. The van der Waals surface area contributed by atoms with Crippen molar-refractivity contribution in [2.24, 2.45) is 5.41 Å². The van der Waals surface area contributed by atoms with Crippen molar-refractivity contribution >= 4 is 17.6 Å². The molecule has 0 aliphatic rings. The number of carboxylic acid groups (broad SMARTS) is 1. The lowest BCUT2D eigenvalue weighted by Crippen LogP contribution is -2.24. The molecule has 1 atom stereocenters. The average molecular weight is 413 g/mol. The molecule has 0 saturated heterocycles. The maximum Gasteiger partial charge on any atom is 0.303 e. The molecular weight excluding hydrogens is 380 g/mol. The molecule has 0 amide bonds. The minimum absolute atomic E-state index is 0.00642. The minimum atomic E-state index is -0.859. The predicted octanol–water partition coefficient (Wildman–Crippen LogP) is 5.21. The lowest BCUT2D eigenvalue weighted by Gasteiger charge is -2.27. The highest BCUT2D eigenvalue weighted by Crippen LogP contribution is 2.34. The molecule has 1 aromatic heterocycles. The van der Waals surface area contributed by atoms with Crippen molar-refractivity contribution in [2.45, 2.75) is 52.4 Å². The van der Waals surface area contributed by atoms with E-state index in [1.165, 1.54) is 0 Å². The summed E-state index contributed by atoms with van der Waals surface area (Å²) in [4.78, 5) is 28.1. The van der Waals surface area contributed by atoms with Crippen molar-refractivity contribution in [1.29, 1.82) is 0 Å². The molecule has 0 saturated carbocycles. The van der Waals surface area contributed by atoms with Crippen LogP contribution >= 0.6 is 0 Å². The number of Topliss-reactive ketones (excluding diaryl/α,β-unsaturated/α-hetero) is 1. The molecule has 1 aromatic carbocycles. The number of nitrogens with one attached hydrogen (secondary N) is 1. The number of rotatable bonds is 14. The molecule has 2 rings (SSSR count). The molecular formula is C24H32N2O4. The Morgan fingerprint density at radius 2 is 1.87 bits per heavy atom. The third-order valence-electron chi connectivity index (χ3n) is 5.04. The first-order valence-corrected chi connectivity index (χ1v) is 10.5. The molecule has 1 unspecified atom stereocenters. The van der Waals surface area contributed by atoms with Gasteiger partial charge in [-0.2, -0.15) is 0 Å². The second kappa shape index (κ2) is 12.0. The van der Waals surface area contributed by atoms with E-state index in [1.807, 2.05) is 25.1 Å². The second-order valence-electron chi connectivity index (χ2n) is 7.95. The maximum atomic E-state index is 12.7. The number of ether oxygens (including phenoxy) is 1. The first-order chi connectivity index (χ1) is 14.4. The Bertz CT molecular complexity index is 793. The summed E-state index contributed by atoms with van der Waals surface area (Å²) in [6.07, 6.45) is 5.43. The number of carbonyl (C=O) groups is 2. The number of aliphatic carboxylic acids is 1. The quantitative estimate of drug-likeness (QED) is 0.327. The van der Waals surface area contributed by atoms with Gasteiger partial charge in [-0.15, -0.1) is 0 Å². The first kappa shape index (κ1) is 23.4. The molecule has 30 heavy (non-hydrogen) atoms. The van der Waals surface area contributed by atoms with Crippen LogP contribution in [0.25, 0.3) is 0 Å². The maximum absolute atomic E-state index is 12.7. The summed E-state index contributed by atoms with van der Waals surface area (Å²) in [5.41, 5.74) is 0.0709. The highest BCUT2D eigenvalue weighted by atomic mass is 16.5. The summed E-state index contributed by atoms with van der Waals surface area (Å²) >= 11 is 0. The van der Waals surface area contributed by atoms with E-state index in [4.69, 9.17) is 4.74 Å². The van der Waals surface area contributed by atoms with Gasteiger partial charge in [0.2, 0.25) is 0 Å². The standard InChI is InChI=1S/C24H32N2O4/c1-3-4-13-24(2,18-23(28)29)17-21(27)19-9-11-20(12-10-19)30-16-7-15-26-22-8-5-6-14-25-22/h5-6,8-12,14H,3-4,7,13,15-18H2,1-2H3,(H,25,26)(H,28,29). The number of ketones is 1. The number of anilines is 1. The zero-order valence-corrected chi connectivity index (χ0v) is 17.9. The number of aromatic nitrogens is 1. The van der Waals surface area contributed by atoms with Crippen molar-refractivity contribution < 1.29 is 19.4 Å². The lowest BCUT2D eigenvalue weighted by atomic mass is 9.76. The van der Waals surface area contributed by atoms with E-state index in [1.54, 1.807) is 30.5 Å². The van der Waals surface area contributed by atoms with Crippen molar-refractivity contribution in [1.82, 2.24) is 4.98 Å². The van der Waals surface area contributed by atoms with Gasteiger partial charge in [-0.25, -0.2) is 4.98 Å². The molecule has 162 valence electrons. The van der Waals surface area contributed by atoms with E-state index in [2.05, 4.69) is 17.2 Å². The highest BCUT2D eigenvalue weighted by Gasteiger charge is 2.30. The van der Waals surface area contributed by atoms with E-state index in [0.717, 1.165) is 38.0 Å². The van der Waals surface area contributed by atoms with E-state index in [-0.39, 0.29) is 18.6 Å². The molecule has 0 radical (unpaired) electrons. The normalized spacial score (nSPS) is 12.7. The van der Waals surface area contributed by atoms with Gasteiger partial charge in [-0.3, -0.25) is 9.59 Å². The number of carbonyl (C=O) groups excluding carboxylic acids is 1. The fraction of sp³-hybridized carbons (Fsp3) is 0.458. The van der Waals surface area contributed by atoms with Gasteiger partial charge in [0.15, 0.2) is 5.78 Å². The zero-order chi connectivity index (χ0) is 21.8. The van der Waals surface area contributed by atoms with E-state index < -0.39 is 11.4 Å². The minimum Gasteiger partial charge on any atom is -0.494 e. The molecule has 2 aromatic rings. The van der Waals surface area contributed by atoms with Crippen molar-refractivity contribution in [3.8, 4) is 5.75 Å². The molecule has 0 aliphatic heterocycles. The van der Waals surface area contributed by atoms with Gasteiger partial charge in [0.25, 0.3) is 0 Å². The third-order valence-corrected chi connectivity index (χ3v) is 5.04. The second-order valence-corrected chi connectivity index (χ2v) is 7.95. The van der Waals surface area contributed by atoms with Crippen LogP contribution in [0, 0.1) is 5.41 Å². The van der Waals surface area contributed by atoms with Crippen molar-refractivity contribution in [3.05, 3.63) is 54.2 Å². The van der Waals surface area contributed by atoms with Gasteiger partial charge >= 0.3 is 5.97 Å². The fourth-order valence-corrected chi connectivity index (χ4v) is 3.38. The largest absolute Gasteiger partial charge is 0.494 e. The topological polar surface area (TPSA) is 88.5 Å². The predicted molar refractivity (Wildman–Crippen MR) is 118 cm³/mol. The number of unbranched alkanes of at least 4 members (excludes halogenated alkanes) is 1. The summed E-state index contributed by atoms with van der Waals surface area (Å²) in [5, 5.41) is 12.4. The SMILES string of the molecule is CCCCC(C)(CC(=O)O)CC(=O)c1ccc(OCCCNc2ccccn2)cc1. The zero-order valence-electron chi connectivity index (χ0n) is 17.9. The Labute approximate surface area is 178 Å². The molecule has 2 N–H and O–H groups in total. The monoisotopic (exact) mass is 412 g/mol. The number of carboxylic acids is 1. The van der Waals surface area contributed by atoms with Gasteiger partial charge in [0.1, 0.15) is 11.6 Å². The number of hydrogen-bond donors (Lipinski definition) is 2. The number of hydrogen-bond acceptors (Lipinski definition) is 5. The first-order valence-electron chi connectivity index (χ1n) is 10.5. The molecule has 0 aliphatic carbocycles. The van der Waals surface area contributed by atoms with Crippen LogP contribution in [-0.2, 0) is 4.79 Å². The Balaban J connectivity index is 1.80. The Kier molecular flexibility index (Phi) is 9.32. The summed E-state index contributed by atoms with van der Waals surface area (Å²) in [6.45, 7) is 5.27. The van der Waals surface area contributed by atoms with Crippen LogP contribution in [0.5, 0.6) is 5.75 Å². The smallest absolute Gasteiger partial charge is 0.303 e. The van der Waals surface area contributed by atoms with E-state index >= 15 is 0 Å². The molecule has 0 spiro atoms. The molecule has 0 fully saturated rings. The number of pyridine rings is 1. The summed E-state index contributed by atoms with van der Waals surface area (Å²) in [6, 6.07) is 12.8. The summed E-state index contributed by atoms with van der Waals surface area (Å²) in [7, 11) is 0. The average Bonchev–Trinajstić information content (AvgIpc) is 2.72. The van der Waals surface area contributed by atoms with E-state index in [0.29, 0.717) is 17.9 Å². The van der Waals surface area contributed by atoms with Gasteiger partial charge in [0, 0.05) is 24.7 Å². The Morgan fingerprint density at radius 3 is 2.50 bits per heavy atom. The molecule has 0 bridgehead atoms. The van der Waals surface area contributed by atoms with Crippen LogP contribution < -0.4 is 10.1 Å². The van der Waals surface area contributed by atoms with Gasteiger partial charge in [-0.05, 0) is 54.7 Å². The van der Waals surface area contributed by atoms with Gasteiger partial charge in [-0.1, -0.05) is 32.8 Å². The summed E-state index contributed by atoms with van der Waals surface area (Å²) < 4.78 is 5.74. The number of benzene rings is 1. The van der Waals surface area contributed by atoms with E-state index in [9.17, 15) is 14.7 Å². The van der Waals surface area contributed by atoms with Crippen LogP contribution in [0.1, 0.15) is 62.7 Å². The number of nitrogens with zero attached hydrogens (tertiary/aromatic N) is 1. The fourth-order valence-electron chi connectivity index (χ4n) is 3.38. The van der Waals surface area contributed by atoms with Crippen LogP contribution in [-0.4, -0.2) is 35.0 Å². The molecule has 1 heterocycles. The van der Waals surface area contributed by atoms with Crippen molar-refractivity contribution in [2.75, 3.05) is 18.5 Å². The van der Waals surface area contributed by atoms with Crippen LogP contribution in [0.3, 0.4) is 0 Å². The van der Waals surface area contributed by atoms with Crippen molar-refractivity contribution in [3.63, 3.8) is 0 Å². The highest BCUT2D eigenvalue weighted by molar-refractivity contribution is 5.96. The summed E-state index contributed by atoms with van der Waals surface area (Å²) in [5.74, 6) is 0.668. The Morgan fingerprint density at radius 1 is 1.10 bits per heavy atom. The van der Waals surface area contributed by atoms with Crippen LogP contribution in [0.4, 0.5) is 5.82 Å². The Hall–Kier alpha value is -2.89. The third kappa shape index (κ3) is 8.23. The molecule has 6 heteroatoms.